The number of aromatic amines is 1. The number of carbonyl (C=O) groups excluding carboxylic acids is 2. The number of rotatable bonds is 7. The van der Waals surface area contributed by atoms with Crippen molar-refractivity contribution in [1.29, 1.82) is 0 Å². The van der Waals surface area contributed by atoms with Crippen molar-refractivity contribution in [2.24, 2.45) is 13.0 Å². The lowest BCUT2D eigenvalue weighted by atomic mass is 10.1. The molecule has 1 aromatic carbocycles. The Balaban J connectivity index is 1.14. The second kappa shape index (κ2) is 11.2. The molecule has 1 saturated heterocycles. The van der Waals surface area contributed by atoms with Crippen LogP contribution in [0.3, 0.4) is 0 Å². The predicted octanol–water partition coefficient (Wildman–Crippen LogP) is 3.77. The number of nitrogens with one attached hydrogen (secondary N) is 3. The van der Waals surface area contributed by atoms with Gasteiger partial charge in [0, 0.05) is 61.8 Å². The minimum Gasteiger partial charge on any atom is -0.359 e. The zero-order chi connectivity index (χ0) is 28.5. The summed E-state index contributed by atoms with van der Waals surface area (Å²) in [7, 11) is 1.89. The number of benzene rings is 1. The highest BCUT2D eigenvalue weighted by atomic mass is 16.2. The van der Waals surface area contributed by atoms with Crippen molar-refractivity contribution >= 4 is 40.2 Å². The van der Waals surface area contributed by atoms with E-state index in [0.717, 1.165) is 59.3 Å². The molecule has 1 fully saturated rings. The third-order valence-corrected chi connectivity index (χ3v) is 7.93. The number of carbonyl (C=O) groups is 2. The van der Waals surface area contributed by atoms with Crippen molar-refractivity contribution in [3.8, 4) is 11.3 Å². The number of likely N-dealkylation sites (tertiary alicyclic amines) is 1. The van der Waals surface area contributed by atoms with Crippen LogP contribution in [0.4, 0.5) is 17.5 Å². The van der Waals surface area contributed by atoms with Crippen LogP contribution in [0.2, 0.25) is 0 Å². The Morgan fingerprint density at radius 1 is 1.17 bits per heavy atom. The van der Waals surface area contributed by atoms with Gasteiger partial charge in [-0.1, -0.05) is 24.3 Å². The largest absolute Gasteiger partial charge is 0.359 e. The van der Waals surface area contributed by atoms with Crippen molar-refractivity contribution < 1.29 is 9.59 Å². The number of H-pyrrole nitrogens is 1. The third kappa shape index (κ3) is 5.58. The lowest BCUT2D eigenvalue weighted by molar-refractivity contribution is -0.134. The van der Waals surface area contributed by atoms with E-state index in [2.05, 4.69) is 42.8 Å². The summed E-state index contributed by atoms with van der Waals surface area (Å²) < 4.78 is 1.79. The van der Waals surface area contributed by atoms with Gasteiger partial charge in [0.2, 0.25) is 17.8 Å². The van der Waals surface area contributed by atoms with E-state index in [-0.39, 0.29) is 24.3 Å². The minimum atomic E-state index is -0.0991. The summed E-state index contributed by atoms with van der Waals surface area (Å²) in [6, 6.07) is 7.78. The van der Waals surface area contributed by atoms with Crippen LogP contribution in [0.25, 0.3) is 22.2 Å². The van der Waals surface area contributed by atoms with Crippen molar-refractivity contribution in [1.82, 2.24) is 34.5 Å². The Hall–Kier alpha value is -4.51. The van der Waals surface area contributed by atoms with E-state index in [9.17, 15) is 9.59 Å². The summed E-state index contributed by atoms with van der Waals surface area (Å²) in [6.45, 7) is 7.04. The van der Waals surface area contributed by atoms with Gasteiger partial charge in [0.1, 0.15) is 0 Å². The van der Waals surface area contributed by atoms with Gasteiger partial charge < -0.3 is 20.5 Å². The van der Waals surface area contributed by atoms with Gasteiger partial charge in [0.05, 0.1) is 29.4 Å². The van der Waals surface area contributed by atoms with Crippen LogP contribution in [-0.4, -0.2) is 79.1 Å². The van der Waals surface area contributed by atoms with Gasteiger partial charge in [-0.2, -0.15) is 5.10 Å². The standard InChI is InChI=1S/C30H35N9O2/c1-19-15-32-30(34-25-14-20(2)37(3)36-25)35-27(19)23-16-31-28-22(23)8-7-9-24(28)33-26(40)18-38-13-10-21(17-38)29(41)39-11-5-4-6-12-39/h4-5,7-9,14-16,21,31H,6,10-13,17-18H2,1-3H3,(H,33,40)(H,32,34,35,36)/t21-/m0/s1. The van der Waals surface area contributed by atoms with Gasteiger partial charge in [0.15, 0.2) is 5.82 Å². The average Bonchev–Trinajstić information content (AvgIpc) is 3.69. The Bertz CT molecular complexity index is 1620. The molecule has 2 aliphatic heterocycles. The molecule has 2 aliphatic rings. The Labute approximate surface area is 238 Å². The van der Waals surface area contributed by atoms with Gasteiger partial charge in [-0.3, -0.25) is 19.2 Å². The van der Waals surface area contributed by atoms with Gasteiger partial charge in [-0.15, -0.1) is 0 Å². The first-order chi connectivity index (χ1) is 19.9. The number of hydrogen-bond donors (Lipinski definition) is 3. The summed E-state index contributed by atoms with van der Waals surface area (Å²) >= 11 is 0. The first-order valence-corrected chi connectivity index (χ1v) is 14.0. The van der Waals surface area contributed by atoms with E-state index >= 15 is 0 Å². The highest BCUT2D eigenvalue weighted by Crippen LogP contribution is 2.33. The number of aromatic nitrogens is 5. The molecule has 5 heterocycles. The predicted molar refractivity (Wildman–Crippen MR) is 159 cm³/mol. The number of aryl methyl sites for hydroxylation is 3. The first kappa shape index (κ1) is 26.7. The van der Waals surface area contributed by atoms with E-state index in [1.165, 1.54) is 0 Å². The zero-order valence-electron chi connectivity index (χ0n) is 23.6. The van der Waals surface area contributed by atoms with Crippen LogP contribution in [0.5, 0.6) is 0 Å². The zero-order valence-corrected chi connectivity index (χ0v) is 23.6. The molecule has 3 aromatic heterocycles. The van der Waals surface area contributed by atoms with E-state index in [1.54, 1.807) is 10.9 Å². The molecule has 6 rings (SSSR count). The summed E-state index contributed by atoms with van der Waals surface area (Å²) in [5, 5.41) is 11.7. The van der Waals surface area contributed by atoms with Crippen LogP contribution in [-0.2, 0) is 16.6 Å². The molecule has 212 valence electrons. The summed E-state index contributed by atoms with van der Waals surface area (Å²) in [5.74, 6) is 1.20. The third-order valence-electron chi connectivity index (χ3n) is 7.93. The SMILES string of the molecule is Cc1cnc(Nc2cc(C)n(C)n2)nc1-c1c[nH]c2c(NC(=O)CN3CC[C@H](C(=O)N4CC=CCC4)C3)cccc12. The molecule has 3 N–H and O–H groups in total. The fraction of sp³-hybridized carbons (Fsp3) is 0.367. The lowest BCUT2D eigenvalue weighted by Gasteiger charge is -2.26. The van der Waals surface area contributed by atoms with Crippen LogP contribution >= 0.6 is 0 Å². The number of anilines is 3. The summed E-state index contributed by atoms with van der Waals surface area (Å²) in [5.41, 5.74) is 5.21. The van der Waals surface area contributed by atoms with Crippen molar-refractivity contribution in [2.75, 3.05) is 43.4 Å². The van der Waals surface area contributed by atoms with Crippen LogP contribution in [0.1, 0.15) is 24.1 Å². The molecule has 4 aromatic rings. The maximum Gasteiger partial charge on any atom is 0.238 e. The highest BCUT2D eigenvalue weighted by molar-refractivity contribution is 6.06. The summed E-state index contributed by atoms with van der Waals surface area (Å²) in [6.07, 6.45) is 9.58. The Kier molecular flexibility index (Phi) is 7.27. The van der Waals surface area contributed by atoms with Gasteiger partial charge >= 0.3 is 0 Å². The molecule has 0 saturated carbocycles. The first-order valence-electron chi connectivity index (χ1n) is 14.0. The molecule has 0 bridgehead atoms. The Morgan fingerprint density at radius 2 is 2.05 bits per heavy atom. The molecular weight excluding hydrogens is 518 g/mol. The van der Waals surface area contributed by atoms with Crippen LogP contribution in [0, 0.1) is 19.8 Å². The molecule has 41 heavy (non-hydrogen) atoms. The monoisotopic (exact) mass is 553 g/mol. The number of nitrogens with zero attached hydrogens (tertiary/aromatic N) is 6. The Morgan fingerprint density at radius 3 is 2.83 bits per heavy atom. The van der Waals surface area contributed by atoms with Crippen molar-refractivity contribution in [3.05, 3.63) is 60.1 Å². The molecule has 0 aliphatic carbocycles. The number of fused-ring (bicyclic) bond motifs is 1. The number of hydrogen-bond acceptors (Lipinski definition) is 7. The fourth-order valence-corrected chi connectivity index (χ4v) is 5.64. The van der Waals surface area contributed by atoms with E-state index in [4.69, 9.17) is 4.98 Å². The van der Waals surface area contributed by atoms with E-state index in [1.807, 2.05) is 56.3 Å². The van der Waals surface area contributed by atoms with Gasteiger partial charge in [0.25, 0.3) is 0 Å². The molecular formula is C30H35N9O2. The summed E-state index contributed by atoms with van der Waals surface area (Å²) in [4.78, 5) is 42.5. The highest BCUT2D eigenvalue weighted by Gasteiger charge is 2.32. The maximum atomic E-state index is 13.1. The van der Waals surface area contributed by atoms with Crippen molar-refractivity contribution in [2.45, 2.75) is 26.7 Å². The number of amides is 2. The van der Waals surface area contributed by atoms with Crippen LogP contribution in [0.15, 0.2) is 48.8 Å². The van der Waals surface area contributed by atoms with Crippen molar-refractivity contribution in [3.63, 3.8) is 0 Å². The molecule has 1 atom stereocenters. The maximum absolute atomic E-state index is 13.1. The van der Waals surface area contributed by atoms with Crippen LogP contribution < -0.4 is 10.6 Å². The number of para-hydroxylation sites is 1. The van der Waals surface area contributed by atoms with Gasteiger partial charge in [-0.25, -0.2) is 9.97 Å². The van der Waals surface area contributed by atoms with E-state index in [0.29, 0.717) is 30.5 Å². The fourth-order valence-electron chi connectivity index (χ4n) is 5.64. The second-order valence-electron chi connectivity index (χ2n) is 10.9. The molecule has 11 nitrogen and oxygen atoms in total. The average molecular weight is 554 g/mol. The normalized spacial score (nSPS) is 17.3. The topological polar surface area (TPSA) is 124 Å². The smallest absolute Gasteiger partial charge is 0.238 e. The molecule has 2 amide bonds. The second-order valence-corrected chi connectivity index (χ2v) is 10.9. The molecule has 11 heteroatoms. The lowest BCUT2D eigenvalue weighted by Crippen LogP contribution is -2.40. The van der Waals surface area contributed by atoms with Gasteiger partial charge in [-0.05, 0) is 44.9 Å². The quantitative estimate of drug-likeness (QED) is 0.298. The van der Waals surface area contributed by atoms with E-state index < -0.39 is 0 Å². The molecule has 0 spiro atoms. The molecule has 0 radical (unpaired) electrons. The molecule has 0 unspecified atom stereocenters. The minimum absolute atomic E-state index is 0.0409.